The fourth-order valence-electron chi connectivity index (χ4n) is 3.70. The van der Waals surface area contributed by atoms with Crippen LogP contribution in [-0.4, -0.2) is 57.1 Å². The lowest BCUT2D eigenvalue weighted by Gasteiger charge is -2.38. The minimum atomic E-state index is -0.0612. The predicted octanol–water partition coefficient (Wildman–Crippen LogP) is 1.66. The Hall–Kier alpha value is -2.31. The fourth-order valence-corrected chi connectivity index (χ4v) is 3.70. The van der Waals surface area contributed by atoms with Crippen LogP contribution in [0.3, 0.4) is 0 Å². The van der Waals surface area contributed by atoms with Crippen molar-refractivity contribution < 1.29 is 9.47 Å². The van der Waals surface area contributed by atoms with Gasteiger partial charge in [0.25, 0.3) is 5.56 Å². The molecule has 0 aliphatic carbocycles. The van der Waals surface area contributed by atoms with E-state index in [4.69, 9.17) is 9.47 Å². The lowest BCUT2D eigenvalue weighted by Crippen LogP contribution is -2.47. The average Bonchev–Trinajstić information content (AvgIpc) is 2.69. The van der Waals surface area contributed by atoms with Crippen molar-refractivity contribution in [2.24, 2.45) is 0 Å². The Morgan fingerprint density at radius 1 is 1.00 bits per heavy atom. The predicted molar refractivity (Wildman–Crippen MR) is 102 cm³/mol. The molecule has 1 atom stereocenters. The van der Waals surface area contributed by atoms with E-state index in [0.717, 1.165) is 37.6 Å². The Labute approximate surface area is 153 Å². The van der Waals surface area contributed by atoms with Crippen LogP contribution >= 0.6 is 0 Å². The molecule has 1 unspecified atom stereocenters. The van der Waals surface area contributed by atoms with Gasteiger partial charge in [0.1, 0.15) is 5.82 Å². The van der Waals surface area contributed by atoms with Crippen molar-refractivity contribution in [3.63, 3.8) is 0 Å². The second kappa shape index (κ2) is 7.93. The molecule has 2 saturated heterocycles. The SMILES string of the molecule is O=c1cc(N2CCOCC2)cc(N2CCOCC2Cc2ccccc2)[nH]1. The van der Waals surface area contributed by atoms with Crippen LogP contribution in [-0.2, 0) is 15.9 Å². The summed E-state index contributed by atoms with van der Waals surface area (Å²) in [5.41, 5.74) is 2.19. The van der Waals surface area contributed by atoms with Gasteiger partial charge in [-0.2, -0.15) is 0 Å². The van der Waals surface area contributed by atoms with E-state index in [1.165, 1.54) is 5.56 Å². The lowest BCUT2D eigenvalue weighted by molar-refractivity contribution is 0.0936. The van der Waals surface area contributed by atoms with Gasteiger partial charge in [0.15, 0.2) is 0 Å². The van der Waals surface area contributed by atoms with E-state index in [1.807, 2.05) is 6.07 Å². The van der Waals surface area contributed by atoms with E-state index in [2.05, 4.69) is 45.1 Å². The van der Waals surface area contributed by atoms with E-state index in [0.29, 0.717) is 26.4 Å². The number of aromatic amines is 1. The van der Waals surface area contributed by atoms with Gasteiger partial charge in [-0.05, 0) is 12.0 Å². The summed E-state index contributed by atoms with van der Waals surface area (Å²) in [6, 6.07) is 14.4. The van der Waals surface area contributed by atoms with Crippen LogP contribution in [0.4, 0.5) is 11.5 Å². The van der Waals surface area contributed by atoms with Crippen LogP contribution in [0.25, 0.3) is 0 Å². The number of nitrogens with zero attached hydrogens (tertiary/aromatic N) is 2. The van der Waals surface area contributed by atoms with Crippen LogP contribution in [0, 0.1) is 0 Å². The van der Waals surface area contributed by atoms with Gasteiger partial charge >= 0.3 is 0 Å². The minimum absolute atomic E-state index is 0.0612. The molecule has 0 saturated carbocycles. The highest BCUT2D eigenvalue weighted by atomic mass is 16.5. The molecule has 0 radical (unpaired) electrons. The van der Waals surface area contributed by atoms with Gasteiger partial charge in [0.2, 0.25) is 0 Å². The molecule has 0 spiro atoms. The molecule has 3 heterocycles. The van der Waals surface area contributed by atoms with Gasteiger partial charge in [-0.3, -0.25) is 4.79 Å². The molecule has 138 valence electrons. The first kappa shape index (κ1) is 17.1. The van der Waals surface area contributed by atoms with Gasteiger partial charge in [-0.15, -0.1) is 0 Å². The van der Waals surface area contributed by atoms with E-state index in [-0.39, 0.29) is 11.6 Å². The molecule has 0 bridgehead atoms. The fraction of sp³-hybridized carbons (Fsp3) is 0.450. The molecule has 1 N–H and O–H groups in total. The first-order valence-electron chi connectivity index (χ1n) is 9.25. The highest BCUT2D eigenvalue weighted by Crippen LogP contribution is 2.24. The zero-order chi connectivity index (χ0) is 17.8. The standard InChI is InChI=1S/C20H25N3O3/c24-20-14-17(22-6-9-25-10-7-22)13-19(21-20)23-8-11-26-15-18(23)12-16-4-2-1-3-5-16/h1-5,13-14,18H,6-12,15H2,(H,21,24). The number of morpholine rings is 2. The summed E-state index contributed by atoms with van der Waals surface area (Å²) >= 11 is 0. The first-order chi connectivity index (χ1) is 12.8. The highest BCUT2D eigenvalue weighted by molar-refractivity contribution is 5.56. The molecule has 0 amide bonds. The summed E-state index contributed by atoms with van der Waals surface area (Å²) in [5.74, 6) is 0.878. The van der Waals surface area contributed by atoms with Crippen molar-refractivity contribution in [1.29, 1.82) is 0 Å². The maximum absolute atomic E-state index is 12.3. The van der Waals surface area contributed by atoms with Crippen LogP contribution in [0.1, 0.15) is 5.56 Å². The normalized spacial score (nSPS) is 21.0. The zero-order valence-electron chi connectivity index (χ0n) is 14.9. The maximum Gasteiger partial charge on any atom is 0.251 e. The van der Waals surface area contributed by atoms with Crippen LogP contribution in [0.2, 0.25) is 0 Å². The Kier molecular flexibility index (Phi) is 5.22. The topological polar surface area (TPSA) is 57.8 Å². The molecule has 1 aromatic heterocycles. The number of H-pyrrole nitrogens is 1. The van der Waals surface area contributed by atoms with Crippen LogP contribution < -0.4 is 15.4 Å². The van der Waals surface area contributed by atoms with Gasteiger partial charge in [-0.25, -0.2) is 0 Å². The summed E-state index contributed by atoms with van der Waals surface area (Å²) in [4.78, 5) is 19.8. The molecule has 1 aromatic carbocycles. The third-order valence-corrected chi connectivity index (χ3v) is 5.04. The molecule has 2 fully saturated rings. The molecule has 2 aromatic rings. The van der Waals surface area contributed by atoms with Crippen molar-refractivity contribution in [3.8, 4) is 0 Å². The number of aromatic nitrogens is 1. The molecule has 2 aliphatic rings. The molecule has 4 rings (SSSR count). The van der Waals surface area contributed by atoms with E-state index in [9.17, 15) is 4.79 Å². The molecule has 2 aliphatic heterocycles. The van der Waals surface area contributed by atoms with Crippen molar-refractivity contribution in [3.05, 3.63) is 58.4 Å². The average molecular weight is 355 g/mol. The number of nitrogens with one attached hydrogen (secondary N) is 1. The minimum Gasteiger partial charge on any atom is -0.378 e. The number of ether oxygens (including phenoxy) is 2. The largest absolute Gasteiger partial charge is 0.378 e. The number of hydrogen-bond donors (Lipinski definition) is 1. The number of rotatable bonds is 4. The second-order valence-electron chi connectivity index (χ2n) is 6.80. The Balaban J connectivity index is 1.59. The maximum atomic E-state index is 12.3. The van der Waals surface area contributed by atoms with Crippen LogP contribution in [0.15, 0.2) is 47.3 Å². The zero-order valence-corrected chi connectivity index (χ0v) is 14.9. The van der Waals surface area contributed by atoms with Crippen molar-refractivity contribution in [2.45, 2.75) is 12.5 Å². The second-order valence-corrected chi connectivity index (χ2v) is 6.80. The van der Waals surface area contributed by atoms with Gasteiger partial charge in [-0.1, -0.05) is 30.3 Å². The van der Waals surface area contributed by atoms with E-state index >= 15 is 0 Å². The summed E-state index contributed by atoms with van der Waals surface area (Å²) in [5, 5.41) is 0. The van der Waals surface area contributed by atoms with E-state index < -0.39 is 0 Å². The van der Waals surface area contributed by atoms with Crippen molar-refractivity contribution in [2.75, 3.05) is 55.9 Å². The lowest BCUT2D eigenvalue weighted by atomic mass is 10.0. The molecule has 6 heteroatoms. The number of pyridine rings is 1. The number of anilines is 2. The smallest absolute Gasteiger partial charge is 0.251 e. The quantitative estimate of drug-likeness (QED) is 0.904. The number of benzene rings is 1. The number of hydrogen-bond acceptors (Lipinski definition) is 5. The highest BCUT2D eigenvalue weighted by Gasteiger charge is 2.25. The summed E-state index contributed by atoms with van der Waals surface area (Å²) in [6.45, 7) is 5.17. The van der Waals surface area contributed by atoms with Crippen molar-refractivity contribution in [1.82, 2.24) is 4.98 Å². The van der Waals surface area contributed by atoms with Crippen molar-refractivity contribution >= 4 is 11.5 Å². The molecular formula is C20H25N3O3. The Morgan fingerprint density at radius 3 is 2.58 bits per heavy atom. The summed E-state index contributed by atoms with van der Waals surface area (Å²) in [7, 11) is 0. The summed E-state index contributed by atoms with van der Waals surface area (Å²) in [6.07, 6.45) is 0.894. The van der Waals surface area contributed by atoms with Gasteiger partial charge in [0.05, 0.1) is 32.5 Å². The Morgan fingerprint density at radius 2 is 1.77 bits per heavy atom. The summed E-state index contributed by atoms with van der Waals surface area (Å²) < 4.78 is 11.1. The molecule has 6 nitrogen and oxygen atoms in total. The Bertz CT molecular complexity index is 771. The molecular weight excluding hydrogens is 330 g/mol. The monoisotopic (exact) mass is 355 g/mol. The van der Waals surface area contributed by atoms with Crippen LogP contribution in [0.5, 0.6) is 0 Å². The van der Waals surface area contributed by atoms with E-state index in [1.54, 1.807) is 6.07 Å². The van der Waals surface area contributed by atoms with Gasteiger partial charge in [0, 0.05) is 37.5 Å². The third-order valence-electron chi connectivity index (χ3n) is 5.04. The van der Waals surface area contributed by atoms with Gasteiger partial charge < -0.3 is 24.3 Å². The first-order valence-corrected chi connectivity index (χ1v) is 9.25. The third kappa shape index (κ3) is 3.92. The molecule has 26 heavy (non-hydrogen) atoms.